The van der Waals surface area contributed by atoms with E-state index in [2.05, 4.69) is 67.6 Å². The SMILES string of the molecule is CC.CC(C)c1ncn(CC2(CO)CC2)c1C(C)C.Cc1c(C(C)C)ncn1C1CCC1. The molecule has 182 valence electrons. The number of rotatable bonds is 7. The average molecular weight is 445 g/mol. The predicted molar refractivity (Wildman–Crippen MR) is 134 cm³/mol. The van der Waals surface area contributed by atoms with Crippen molar-refractivity contribution >= 4 is 0 Å². The molecule has 0 atom stereocenters. The lowest BCUT2D eigenvalue weighted by atomic mass is 9.92. The van der Waals surface area contributed by atoms with Gasteiger partial charge in [-0.25, -0.2) is 9.97 Å². The van der Waals surface area contributed by atoms with E-state index in [4.69, 9.17) is 0 Å². The van der Waals surface area contributed by atoms with E-state index in [0.717, 1.165) is 25.4 Å². The van der Waals surface area contributed by atoms with Gasteiger partial charge in [-0.2, -0.15) is 0 Å². The quantitative estimate of drug-likeness (QED) is 0.502. The maximum absolute atomic E-state index is 9.43. The van der Waals surface area contributed by atoms with Gasteiger partial charge < -0.3 is 14.2 Å². The van der Waals surface area contributed by atoms with Crippen molar-refractivity contribution < 1.29 is 5.11 Å². The molecule has 0 bridgehead atoms. The maximum Gasteiger partial charge on any atom is 0.0954 e. The second kappa shape index (κ2) is 11.5. The Kier molecular flexibility index (Phi) is 9.56. The van der Waals surface area contributed by atoms with Gasteiger partial charge in [-0.3, -0.25) is 0 Å². The highest BCUT2D eigenvalue weighted by atomic mass is 16.3. The third-order valence-electron chi connectivity index (χ3n) is 6.89. The van der Waals surface area contributed by atoms with Gasteiger partial charge in [0.05, 0.1) is 30.6 Å². The molecule has 2 aromatic rings. The minimum atomic E-state index is 0.151. The molecular formula is C27H48N4O. The monoisotopic (exact) mass is 444 g/mol. The van der Waals surface area contributed by atoms with Crippen LogP contribution in [-0.4, -0.2) is 30.8 Å². The van der Waals surface area contributed by atoms with Crippen LogP contribution >= 0.6 is 0 Å². The first-order valence-corrected chi connectivity index (χ1v) is 12.9. The van der Waals surface area contributed by atoms with E-state index in [9.17, 15) is 5.11 Å². The van der Waals surface area contributed by atoms with Crippen molar-refractivity contribution in [3.63, 3.8) is 0 Å². The van der Waals surface area contributed by atoms with Crippen LogP contribution < -0.4 is 0 Å². The predicted octanol–water partition coefficient (Wildman–Crippen LogP) is 6.97. The summed E-state index contributed by atoms with van der Waals surface area (Å²) in [5.74, 6) is 1.52. The van der Waals surface area contributed by atoms with Gasteiger partial charge in [-0.05, 0) is 56.8 Å². The molecule has 2 saturated carbocycles. The fourth-order valence-corrected chi connectivity index (χ4v) is 4.55. The molecule has 2 aliphatic carbocycles. The van der Waals surface area contributed by atoms with Crippen LogP contribution in [0.2, 0.25) is 0 Å². The number of hydrogen-bond acceptors (Lipinski definition) is 3. The Labute approximate surface area is 196 Å². The van der Waals surface area contributed by atoms with Crippen molar-refractivity contribution in [2.45, 2.75) is 125 Å². The summed E-state index contributed by atoms with van der Waals surface area (Å²) in [6.45, 7) is 20.7. The zero-order valence-corrected chi connectivity index (χ0v) is 22.1. The second-order valence-electron chi connectivity index (χ2n) is 10.5. The topological polar surface area (TPSA) is 55.9 Å². The smallest absolute Gasteiger partial charge is 0.0954 e. The largest absolute Gasteiger partial charge is 0.396 e. The lowest BCUT2D eigenvalue weighted by molar-refractivity contribution is 0.193. The number of hydrogen-bond donors (Lipinski definition) is 1. The van der Waals surface area contributed by atoms with Gasteiger partial charge in [0.25, 0.3) is 0 Å². The first kappa shape index (κ1) is 26.6. The summed E-state index contributed by atoms with van der Waals surface area (Å²) in [4.78, 5) is 9.05. The summed E-state index contributed by atoms with van der Waals surface area (Å²) in [5.41, 5.74) is 5.36. The van der Waals surface area contributed by atoms with E-state index in [0.29, 0.717) is 24.4 Å². The first-order valence-electron chi connectivity index (χ1n) is 12.9. The molecule has 0 aromatic carbocycles. The van der Waals surface area contributed by atoms with Crippen molar-refractivity contribution in [3.8, 4) is 0 Å². The standard InChI is InChI=1S/C14H24N2O.C11H18N2.C2H6/c1-10(2)12-13(11(3)4)16(9-15-12)7-14(8-17)5-6-14;1-8(2)11-9(3)13(7-12-11)10-5-4-6-10;1-2/h9-11,17H,5-8H2,1-4H3;7-8,10H,4-6H2,1-3H3;1-2H3. The van der Waals surface area contributed by atoms with Crippen LogP contribution in [0.15, 0.2) is 12.7 Å². The molecule has 2 fully saturated rings. The average Bonchev–Trinajstić information content (AvgIpc) is 3.19. The van der Waals surface area contributed by atoms with E-state index in [-0.39, 0.29) is 5.41 Å². The third kappa shape index (κ3) is 6.03. The van der Waals surface area contributed by atoms with E-state index in [1.165, 1.54) is 42.0 Å². The van der Waals surface area contributed by atoms with Crippen molar-refractivity contribution in [3.05, 3.63) is 35.4 Å². The van der Waals surface area contributed by atoms with Crippen molar-refractivity contribution in [1.82, 2.24) is 19.1 Å². The summed E-state index contributed by atoms with van der Waals surface area (Å²) >= 11 is 0. The van der Waals surface area contributed by atoms with Crippen molar-refractivity contribution in [2.24, 2.45) is 5.41 Å². The summed E-state index contributed by atoms with van der Waals surface area (Å²) in [6.07, 6.45) is 10.4. The summed E-state index contributed by atoms with van der Waals surface area (Å²) in [7, 11) is 0. The molecular weight excluding hydrogens is 396 g/mol. The summed E-state index contributed by atoms with van der Waals surface area (Å²) in [6, 6.07) is 0.750. The van der Waals surface area contributed by atoms with Gasteiger partial charge in [0.15, 0.2) is 0 Å². The molecule has 0 unspecified atom stereocenters. The Hall–Kier alpha value is -1.62. The molecule has 0 radical (unpaired) electrons. The molecule has 5 nitrogen and oxygen atoms in total. The van der Waals surface area contributed by atoms with Crippen LogP contribution in [0.4, 0.5) is 0 Å². The van der Waals surface area contributed by atoms with Crippen LogP contribution in [0.3, 0.4) is 0 Å². The molecule has 4 rings (SSSR count). The molecule has 0 amide bonds. The number of imidazole rings is 2. The van der Waals surface area contributed by atoms with E-state index in [1.807, 2.05) is 26.5 Å². The lowest BCUT2D eigenvalue weighted by Gasteiger charge is -2.28. The number of aromatic nitrogens is 4. The molecule has 5 heteroatoms. The van der Waals surface area contributed by atoms with Gasteiger partial charge in [0.1, 0.15) is 0 Å². The van der Waals surface area contributed by atoms with Crippen LogP contribution in [-0.2, 0) is 6.54 Å². The molecule has 0 saturated heterocycles. The number of aliphatic hydroxyl groups excluding tert-OH is 1. The molecule has 2 aromatic heterocycles. The number of aliphatic hydroxyl groups is 1. The van der Waals surface area contributed by atoms with Gasteiger partial charge in [-0.15, -0.1) is 0 Å². The Balaban J connectivity index is 0.000000217. The van der Waals surface area contributed by atoms with Gasteiger partial charge >= 0.3 is 0 Å². The highest BCUT2D eigenvalue weighted by Gasteiger charge is 2.42. The van der Waals surface area contributed by atoms with E-state index >= 15 is 0 Å². The van der Waals surface area contributed by atoms with Gasteiger partial charge in [-0.1, -0.05) is 55.4 Å². The molecule has 32 heavy (non-hydrogen) atoms. The second-order valence-corrected chi connectivity index (χ2v) is 10.5. The van der Waals surface area contributed by atoms with E-state index in [1.54, 1.807) is 0 Å². The van der Waals surface area contributed by atoms with Gasteiger partial charge in [0, 0.05) is 29.4 Å². The molecule has 0 aliphatic heterocycles. The normalized spacial score (nSPS) is 17.0. The zero-order valence-electron chi connectivity index (χ0n) is 22.1. The van der Waals surface area contributed by atoms with Crippen LogP contribution in [0.5, 0.6) is 0 Å². The zero-order chi connectivity index (χ0) is 24.1. The molecule has 0 spiro atoms. The van der Waals surface area contributed by atoms with Crippen molar-refractivity contribution in [1.29, 1.82) is 0 Å². The molecule has 1 N–H and O–H groups in total. The van der Waals surface area contributed by atoms with Crippen LogP contribution in [0, 0.1) is 12.3 Å². The lowest BCUT2D eigenvalue weighted by Crippen LogP contribution is -2.17. The molecule has 2 heterocycles. The Bertz CT molecular complexity index is 823. The van der Waals surface area contributed by atoms with Crippen LogP contribution in [0.25, 0.3) is 0 Å². The summed E-state index contributed by atoms with van der Waals surface area (Å²) in [5, 5.41) is 9.43. The first-order chi connectivity index (χ1) is 15.2. The Morgan fingerprint density at radius 3 is 1.88 bits per heavy atom. The molecule has 2 aliphatic rings. The highest BCUT2D eigenvalue weighted by Crippen LogP contribution is 2.47. The minimum absolute atomic E-state index is 0.151. The van der Waals surface area contributed by atoms with E-state index < -0.39 is 0 Å². The van der Waals surface area contributed by atoms with Crippen molar-refractivity contribution in [2.75, 3.05) is 6.61 Å². The highest BCUT2D eigenvalue weighted by molar-refractivity contribution is 5.21. The Morgan fingerprint density at radius 2 is 1.50 bits per heavy atom. The third-order valence-corrected chi connectivity index (χ3v) is 6.89. The minimum Gasteiger partial charge on any atom is -0.396 e. The fourth-order valence-electron chi connectivity index (χ4n) is 4.55. The maximum atomic E-state index is 9.43. The Morgan fingerprint density at radius 1 is 0.938 bits per heavy atom. The fraction of sp³-hybridized carbons (Fsp3) is 0.778. The van der Waals surface area contributed by atoms with Crippen LogP contribution in [0.1, 0.15) is 134 Å². The van der Waals surface area contributed by atoms with Gasteiger partial charge in [0.2, 0.25) is 0 Å². The number of nitrogens with zero attached hydrogens (tertiary/aromatic N) is 4. The summed E-state index contributed by atoms with van der Waals surface area (Å²) < 4.78 is 4.63.